The molecule has 4 heteroatoms. The van der Waals surface area contributed by atoms with Crippen LogP contribution in [0.15, 0.2) is 24.3 Å². The maximum Gasteiger partial charge on any atom is 0.227 e. The van der Waals surface area contributed by atoms with Crippen LogP contribution in [0.5, 0.6) is 5.75 Å². The zero-order valence-electron chi connectivity index (χ0n) is 12.8. The molecule has 2 saturated heterocycles. The number of rotatable bonds is 4. The van der Waals surface area contributed by atoms with Gasteiger partial charge in [-0.1, -0.05) is 19.1 Å². The first kappa shape index (κ1) is 14.4. The molecule has 114 valence electrons. The fraction of sp³-hybridized carbons (Fsp3) is 0.588. The molecule has 0 bridgehead atoms. The van der Waals surface area contributed by atoms with Gasteiger partial charge in [0.2, 0.25) is 5.91 Å². The fourth-order valence-corrected chi connectivity index (χ4v) is 3.89. The molecule has 4 nitrogen and oxygen atoms in total. The van der Waals surface area contributed by atoms with Gasteiger partial charge in [0.25, 0.3) is 0 Å². The first-order valence-corrected chi connectivity index (χ1v) is 7.86. The molecule has 1 aromatic carbocycles. The lowest BCUT2D eigenvalue weighted by Crippen LogP contribution is -2.40. The van der Waals surface area contributed by atoms with E-state index in [1.165, 1.54) is 0 Å². The van der Waals surface area contributed by atoms with Crippen molar-refractivity contribution in [2.24, 2.45) is 11.8 Å². The molecule has 3 unspecified atom stereocenters. The highest BCUT2D eigenvalue weighted by molar-refractivity contribution is 5.79. The number of fused-ring (bicyclic) bond motifs is 1. The summed E-state index contributed by atoms with van der Waals surface area (Å²) >= 11 is 0. The Morgan fingerprint density at radius 1 is 1.43 bits per heavy atom. The number of hydrogen-bond acceptors (Lipinski definition) is 3. The van der Waals surface area contributed by atoms with E-state index in [4.69, 9.17) is 4.74 Å². The Morgan fingerprint density at radius 3 is 3.05 bits per heavy atom. The largest absolute Gasteiger partial charge is 0.497 e. The van der Waals surface area contributed by atoms with E-state index in [1.807, 2.05) is 24.3 Å². The highest BCUT2D eigenvalue weighted by atomic mass is 16.5. The van der Waals surface area contributed by atoms with E-state index in [9.17, 15) is 4.79 Å². The summed E-state index contributed by atoms with van der Waals surface area (Å²) in [5.41, 5.74) is 1.03. The Morgan fingerprint density at radius 2 is 2.29 bits per heavy atom. The second-order valence-electron chi connectivity index (χ2n) is 6.13. The fourth-order valence-electron chi connectivity index (χ4n) is 3.89. The van der Waals surface area contributed by atoms with E-state index in [-0.39, 0.29) is 5.91 Å². The molecule has 0 saturated carbocycles. The summed E-state index contributed by atoms with van der Waals surface area (Å²) in [6.07, 6.45) is 1.52. The van der Waals surface area contributed by atoms with E-state index in [0.29, 0.717) is 24.3 Å². The first-order valence-electron chi connectivity index (χ1n) is 7.86. The number of hydrogen-bond donors (Lipinski definition) is 1. The van der Waals surface area contributed by atoms with Gasteiger partial charge in [0.15, 0.2) is 0 Å². The third-order valence-electron chi connectivity index (χ3n) is 4.95. The monoisotopic (exact) mass is 288 g/mol. The normalized spacial score (nSPS) is 27.7. The van der Waals surface area contributed by atoms with Crippen molar-refractivity contribution in [3.8, 4) is 5.75 Å². The molecule has 0 spiro atoms. The van der Waals surface area contributed by atoms with Gasteiger partial charge in [-0.2, -0.15) is 0 Å². The highest BCUT2D eigenvalue weighted by Crippen LogP contribution is 2.34. The van der Waals surface area contributed by atoms with Gasteiger partial charge in [-0.05, 0) is 36.0 Å². The van der Waals surface area contributed by atoms with Crippen LogP contribution in [0.1, 0.15) is 18.9 Å². The molecular formula is C17H24N2O2. The molecule has 2 aliphatic heterocycles. The number of methoxy groups -OCH3 is 1. The lowest BCUT2D eigenvalue weighted by molar-refractivity contribution is -0.131. The van der Waals surface area contributed by atoms with E-state index < -0.39 is 0 Å². The van der Waals surface area contributed by atoms with Crippen LogP contribution in [-0.4, -0.2) is 43.6 Å². The quantitative estimate of drug-likeness (QED) is 0.917. The minimum atomic E-state index is 0.254. The maximum atomic E-state index is 12.7. The van der Waals surface area contributed by atoms with Crippen molar-refractivity contribution >= 4 is 5.91 Å². The average molecular weight is 288 g/mol. The van der Waals surface area contributed by atoms with E-state index in [0.717, 1.165) is 37.4 Å². The third kappa shape index (κ3) is 2.77. The number of ether oxygens (including phenoxy) is 1. The molecule has 2 aliphatic rings. The second kappa shape index (κ2) is 6.06. The predicted octanol–water partition coefficient (Wildman–Crippen LogP) is 1.69. The molecular weight excluding hydrogens is 264 g/mol. The Bertz CT molecular complexity index is 517. The van der Waals surface area contributed by atoms with Gasteiger partial charge < -0.3 is 15.0 Å². The summed E-state index contributed by atoms with van der Waals surface area (Å²) in [6, 6.07) is 8.22. The molecule has 1 aromatic rings. The van der Waals surface area contributed by atoms with Crippen molar-refractivity contribution in [1.29, 1.82) is 0 Å². The molecule has 1 amide bonds. The lowest BCUT2D eigenvalue weighted by Gasteiger charge is -2.27. The molecule has 1 N–H and O–H groups in total. The molecule has 0 radical (unpaired) electrons. The molecule has 0 aromatic heterocycles. The zero-order chi connectivity index (χ0) is 14.8. The lowest BCUT2D eigenvalue weighted by atomic mass is 9.93. The number of nitrogens with zero attached hydrogens (tertiary/aromatic N) is 1. The Kier molecular flexibility index (Phi) is 4.15. The highest BCUT2D eigenvalue weighted by Gasteiger charge is 2.44. The molecule has 2 heterocycles. The smallest absolute Gasteiger partial charge is 0.227 e. The number of nitrogens with one attached hydrogen (secondary N) is 1. The second-order valence-corrected chi connectivity index (χ2v) is 6.13. The van der Waals surface area contributed by atoms with Gasteiger partial charge in [0.1, 0.15) is 5.75 Å². The van der Waals surface area contributed by atoms with Crippen LogP contribution in [0.3, 0.4) is 0 Å². The van der Waals surface area contributed by atoms with Gasteiger partial charge in [0.05, 0.1) is 13.5 Å². The van der Waals surface area contributed by atoms with E-state index in [2.05, 4.69) is 17.1 Å². The van der Waals surface area contributed by atoms with E-state index in [1.54, 1.807) is 7.11 Å². The van der Waals surface area contributed by atoms with Crippen LogP contribution in [0.2, 0.25) is 0 Å². The summed E-state index contributed by atoms with van der Waals surface area (Å²) in [4.78, 5) is 14.8. The van der Waals surface area contributed by atoms with Gasteiger partial charge in [-0.3, -0.25) is 4.79 Å². The first-order chi connectivity index (χ1) is 10.2. The number of likely N-dealkylation sites (tertiary alicyclic amines) is 1. The maximum absolute atomic E-state index is 12.7. The Labute approximate surface area is 126 Å². The number of benzene rings is 1. The van der Waals surface area contributed by atoms with Gasteiger partial charge in [0, 0.05) is 25.7 Å². The van der Waals surface area contributed by atoms with Crippen LogP contribution >= 0.6 is 0 Å². The van der Waals surface area contributed by atoms with Crippen molar-refractivity contribution < 1.29 is 9.53 Å². The standard InChI is InChI=1S/C17H24N2O2/c1-3-16-15-10-18-9-13(15)11-19(16)17(20)8-12-5-4-6-14(7-12)21-2/h4-7,13,15-16,18H,3,8-11H2,1-2H3. The topological polar surface area (TPSA) is 41.6 Å². The summed E-state index contributed by atoms with van der Waals surface area (Å²) in [5, 5.41) is 3.46. The van der Waals surface area contributed by atoms with Crippen LogP contribution in [0.25, 0.3) is 0 Å². The minimum Gasteiger partial charge on any atom is -0.497 e. The van der Waals surface area contributed by atoms with Crippen LogP contribution in [-0.2, 0) is 11.2 Å². The third-order valence-corrected chi connectivity index (χ3v) is 4.95. The van der Waals surface area contributed by atoms with Crippen molar-refractivity contribution in [1.82, 2.24) is 10.2 Å². The molecule has 2 fully saturated rings. The minimum absolute atomic E-state index is 0.254. The number of carbonyl (C=O) groups excluding carboxylic acids is 1. The summed E-state index contributed by atoms with van der Waals surface area (Å²) in [5.74, 6) is 2.35. The van der Waals surface area contributed by atoms with Crippen LogP contribution in [0, 0.1) is 11.8 Å². The van der Waals surface area contributed by atoms with Crippen LogP contribution < -0.4 is 10.1 Å². The van der Waals surface area contributed by atoms with Gasteiger partial charge in [-0.25, -0.2) is 0 Å². The Balaban J connectivity index is 1.70. The Hall–Kier alpha value is -1.55. The zero-order valence-corrected chi connectivity index (χ0v) is 12.8. The SMILES string of the molecule is CCC1C2CNCC2CN1C(=O)Cc1cccc(OC)c1. The summed E-state index contributed by atoms with van der Waals surface area (Å²) in [6.45, 7) is 5.23. The van der Waals surface area contributed by atoms with Crippen molar-refractivity contribution in [2.45, 2.75) is 25.8 Å². The molecule has 21 heavy (non-hydrogen) atoms. The molecule has 0 aliphatic carbocycles. The van der Waals surface area contributed by atoms with Crippen molar-refractivity contribution in [3.63, 3.8) is 0 Å². The number of carbonyl (C=O) groups is 1. The average Bonchev–Trinajstić information content (AvgIpc) is 3.07. The predicted molar refractivity (Wildman–Crippen MR) is 82.3 cm³/mol. The molecule has 3 atom stereocenters. The van der Waals surface area contributed by atoms with Crippen molar-refractivity contribution in [2.75, 3.05) is 26.7 Å². The molecule has 3 rings (SSSR count). The van der Waals surface area contributed by atoms with Gasteiger partial charge in [-0.15, -0.1) is 0 Å². The van der Waals surface area contributed by atoms with Crippen LogP contribution in [0.4, 0.5) is 0 Å². The number of amides is 1. The van der Waals surface area contributed by atoms with Gasteiger partial charge >= 0.3 is 0 Å². The van der Waals surface area contributed by atoms with E-state index >= 15 is 0 Å². The summed E-state index contributed by atoms with van der Waals surface area (Å²) < 4.78 is 5.23. The summed E-state index contributed by atoms with van der Waals surface area (Å²) in [7, 11) is 1.66. The van der Waals surface area contributed by atoms with Crippen molar-refractivity contribution in [3.05, 3.63) is 29.8 Å².